The summed E-state index contributed by atoms with van der Waals surface area (Å²) < 4.78 is 5.20. The molecule has 0 aliphatic rings. The van der Waals surface area contributed by atoms with E-state index in [0.717, 1.165) is 5.76 Å². The van der Waals surface area contributed by atoms with Crippen LogP contribution in [0.4, 0.5) is 0 Å². The fourth-order valence-electron chi connectivity index (χ4n) is 0.705. The second-order valence-corrected chi connectivity index (χ2v) is 3.93. The first kappa shape index (κ1) is 15.7. The molecule has 0 aliphatic heterocycles. The largest absolute Gasteiger partial charge is 0.469 e. The van der Waals surface area contributed by atoms with Gasteiger partial charge in [0.2, 0.25) is 0 Å². The van der Waals surface area contributed by atoms with Gasteiger partial charge < -0.3 is 4.42 Å². The van der Waals surface area contributed by atoms with Crippen LogP contribution in [-0.4, -0.2) is 0 Å². The van der Waals surface area contributed by atoms with Crippen LogP contribution in [-0.2, 0) is 5.41 Å². The van der Waals surface area contributed by atoms with Gasteiger partial charge in [-0.2, -0.15) is 0 Å². The van der Waals surface area contributed by atoms with Crippen molar-refractivity contribution in [2.75, 3.05) is 0 Å². The lowest BCUT2D eigenvalue weighted by Gasteiger charge is -2.13. The van der Waals surface area contributed by atoms with E-state index in [0.29, 0.717) is 0 Å². The van der Waals surface area contributed by atoms with Crippen LogP contribution in [0, 0.1) is 0 Å². The fourth-order valence-corrected chi connectivity index (χ4v) is 0.705. The lowest BCUT2D eigenvalue weighted by molar-refractivity contribution is 0.409. The Morgan fingerprint density at radius 2 is 1.57 bits per heavy atom. The van der Waals surface area contributed by atoms with Gasteiger partial charge in [-0.15, -0.1) is 0 Å². The minimum Gasteiger partial charge on any atom is -0.469 e. The van der Waals surface area contributed by atoms with E-state index in [1.165, 1.54) is 6.42 Å². The highest BCUT2D eigenvalue weighted by Gasteiger charge is 2.15. The summed E-state index contributed by atoms with van der Waals surface area (Å²) >= 11 is 0. The molecule has 0 radical (unpaired) electrons. The molecule has 0 spiro atoms. The van der Waals surface area contributed by atoms with E-state index in [9.17, 15) is 0 Å². The molecule has 1 nitrogen and oxygen atoms in total. The van der Waals surface area contributed by atoms with Crippen molar-refractivity contribution in [3.8, 4) is 0 Å². The van der Waals surface area contributed by atoms with Gasteiger partial charge >= 0.3 is 0 Å². The minimum atomic E-state index is 0.156. The molecule has 0 bridgehead atoms. The van der Waals surface area contributed by atoms with Crippen molar-refractivity contribution in [2.24, 2.45) is 0 Å². The first-order valence-electron chi connectivity index (χ1n) is 5.56. The van der Waals surface area contributed by atoms with E-state index in [1.807, 2.05) is 26.0 Å². The molecule has 1 aromatic rings. The average Bonchev–Trinajstić information content (AvgIpc) is 2.60. The van der Waals surface area contributed by atoms with Gasteiger partial charge in [-0.1, -0.05) is 54.9 Å². The van der Waals surface area contributed by atoms with Crippen molar-refractivity contribution >= 4 is 0 Å². The van der Waals surface area contributed by atoms with Crippen molar-refractivity contribution < 1.29 is 4.42 Å². The molecule has 1 heterocycles. The molecular weight excluding hydrogens is 172 g/mol. The van der Waals surface area contributed by atoms with Gasteiger partial charge in [-0.05, 0) is 12.1 Å². The fraction of sp³-hybridized carbons (Fsp3) is 0.692. The number of furan rings is 1. The number of hydrogen-bond acceptors (Lipinski definition) is 1. The molecule has 0 aromatic carbocycles. The Morgan fingerprint density at radius 3 is 1.71 bits per heavy atom. The standard InChI is InChI=1S/C8H12O.C3H8.C2H6/c1-8(2,3)7-5-4-6-9-7;1-3-2;1-2/h4-6H,1-3H3;3H2,1-2H3;1-2H3. The molecule has 1 heteroatoms. The lowest BCUT2D eigenvalue weighted by Crippen LogP contribution is -2.08. The zero-order chi connectivity index (χ0) is 11.6. The zero-order valence-corrected chi connectivity index (χ0v) is 10.8. The van der Waals surface area contributed by atoms with Gasteiger partial charge in [0.05, 0.1) is 6.26 Å². The highest BCUT2D eigenvalue weighted by Crippen LogP contribution is 2.21. The van der Waals surface area contributed by atoms with Crippen molar-refractivity contribution in [3.05, 3.63) is 24.2 Å². The molecule has 14 heavy (non-hydrogen) atoms. The van der Waals surface area contributed by atoms with Gasteiger partial charge in [0.1, 0.15) is 5.76 Å². The maximum Gasteiger partial charge on any atom is 0.109 e. The number of hydrogen-bond donors (Lipinski definition) is 0. The van der Waals surface area contributed by atoms with E-state index in [1.54, 1.807) is 6.26 Å². The second-order valence-electron chi connectivity index (χ2n) is 3.93. The van der Waals surface area contributed by atoms with Crippen LogP contribution >= 0.6 is 0 Å². The van der Waals surface area contributed by atoms with Gasteiger partial charge in [0.25, 0.3) is 0 Å². The van der Waals surface area contributed by atoms with Crippen molar-refractivity contribution in [3.63, 3.8) is 0 Å². The average molecular weight is 198 g/mol. The van der Waals surface area contributed by atoms with Crippen LogP contribution in [0.2, 0.25) is 0 Å². The normalized spacial score (nSPS) is 9.36. The molecule has 0 N–H and O–H groups in total. The van der Waals surface area contributed by atoms with Crippen LogP contribution in [0.15, 0.2) is 22.8 Å². The minimum absolute atomic E-state index is 0.156. The summed E-state index contributed by atoms with van der Waals surface area (Å²) in [5, 5.41) is 0. The van der Waals surface area contributed by atoms with Crippen LogP contribution in [0.5, 0.6) is 0 Å². The van der Waals surface area contributed by atoms with E-state index < -0.39 is 0 Å². The Morgan fingerprint density at radius 1 is 1.14 bits per heavy atom. The molecule has 0 fully saturated rings. The van der Waals surface area contributed by atoms with Crippen LogP contribution in [0.3, 0.4) is 0 Å². The summed E-state index contributed by atoms with van der Waals surface area (Å²) in [7, 11) is 0. The molecule has 0 aliphatic carbocycles. The lowest BCUT2D eigenvalue weighted by atomic mass is 9.94. The summed E-state index contributed by atoms with van der Waals surface area (Å²) in [6.07, 6.45) is 2.96. The maximum absolute atomic E-state index is 5.20. The molecule has 0 saturated heterocycles. The Labute approximate surface area is 89.5 Å². The van der Waals surface area contributed by atoms with E-state index in [-0.39, 0.29) is 5.41 Å². The molecule has 0 amide bonds. The maximum atomic E-state index is 5.20. The molecule has 0 saturated carbocycles. The van der Waals surface area contributed by atoms with E-state index in [2.05, 4.69) is 34.6 Å². The third-order valence-electron chi connectivity index (χ3n) is 1.26. The van der Waals surface area contributed by atoms with Gasteiger partial charge in [-0.25, -0.2) is 0 Å². The molecular formula is C13H26O. The molecule has 1 rings (SSSR count). The third-order valence-corrected chi connectivity index (χ3v) is 1.26. The summed E-state index contributed by atoms with van der Waals surface area (Å²) in [6, 6.07) is 3.92. The zero-order valence-electron chi connectivity index (χ0n) is 10.8. The van der Waals surface area contributed by atoms with Crippen molar-refractivity contribution in [1.29, 1.82) is 0 Å². The van der Waals surface area contributed by atoms with E-state index in [4.69, 9.17) is 4.42 Å². The van der Waals surface area contributed by atoms with Crippen molar-refractivity contribution in [2.45, 2.75) is 60.3 Å². The Balaban J connectivity index is 0. The topological polar surface area (TPSA) is 13.1 Å². The van der Waals surface area contributed by atoms with E-state index >= 15 is 0 Å². The molecule has 0 atom stereocenters. The van der Waals surface area contributed by atoms with Crippen LogP contribution in [0.1, 0.15) is 60.6 Å². The van der Waals surface area contributed by atoms with Gasteiger partial charge in [-0.3, -0.25) is 0 Å². The Kier molecular flexibility index (Phi) is 9.96. The highest BCUT2D eigenvalue weighted by molar-refractivity contribution is 5.08. The van der Waals surface area contributed by atoms with Crippen LogP contribution in [0.25, 0.3) is 0 Å². The predicted molar refractivity (Wildman–Crippen MR) is 64.7 cm³/mol. The van der Waals surface area contributed by atoms with Crippen LogP contribution < -0.4 is 0 Å². The first-order valence-corrected chi connectivity index (χ1v) is 5.56. The number of rotatable bonds is 0. The predicted octanol–water partition coefficient (Wildman–Crippen LogP) is 5.02. The SMILES string of the molecule is CC.CC(C)(C)c1ccco1.CCC. The first-order chi connectivity index (χ1) is 6.52. The summed E-state index contributed by atoms with van der Waals surface area (Å²) in [4.78, 5) is 0. The molecule has 0 unspecified atom stereocenters. The Bertz CT molecular complexity index is 180. The summed E-state index contributed by atoms with van der Waals surface area (Å²) in [6.45, 7) is 14.6. The van der Waals surface area contributed by atoms with Crippen molar-refractivity contribution in [1.82, 2.24) is 0 Å². The van der Waals surface area contributed by atoms with Gasteiger partial charge in [0, 0.05) is 5.41 Å². The molecule has 84 valence electrons. The highest BCUT2D eigenvalue weighted by atomic mass is 16.3. The Hall–Kier alpha value is -0.720. The molecule has 1 aromatic heterocycles. The summed E-state index contributed by atoms with van der Waals surface area (Å²) in [5.41, 5.74) is 0.156. The smallest absolute Gasteiger partial charge is 0.109 e. The van der Waals surface area contributed by atoms with Gasteiger partial charge in [0.15, 0.2) is 0 Å². The summed E-state index contributed by atoms with van der Waals surface area (Å²) in [5.74, 6) is 1.04. The monoisotopic (exact) mass is 198 g/mol. The third kappa shape index (κ3) is 7.90. The quantitative estimate of drug-likeness (QED) is 0.570. The second kappa shape index (κ2) is 8.86.